The van der Waals surface area contributed by atoms with Crippen molar-refractivity contribution in [3.8, 4) is 11.5 Å². The van der Waals surface area contributed by atoms with Gasteiger partial charge in [0.05, 0.1) is 26.5 Å². The van der Waals surface area contributed by atoms with Crippen molar-refractivity contribution in [1.82, 2.24) is 9.80 Å². The van der Waals surface area contributed by atoms with Crippen LogP contribution in [0.1, 0.15) is 24.2 Å². The van der Waals surface area contributed by atoms with Crippen molar-refractivity contribution in [1.29, 1.82) is 0 Å². The van der Waals surface area contributed by atoms with Crippen molar-refractivity contribution in [2.75, 3.05) is 20.7 Å². The van der Waals surface area contributed by atoms with Crippen molar-refractivity contribution in [3.63, 3.8) is 0 Å². The molecule has 3 rings (SSSR count). The Morgan fingerprint density at radius 2 is 2.04 bits per heavy atom. The van der Waals surface area contributed by atoms with Gasteiger partial charge in [-0.25, -0.2) is 0 Å². The van der Waals surface area contributed by atoms with Crippen LogP contribution in [0.4, 0.5) is 8.78 Å². The van der Waals surface area contributed by atoms with E-state index in [1.807, 2.05) is 6.07 Å². The van der Waals surface area contributed by atoms with Gasteiger partial charge in [-0.05, 0) is 42.7 Å². The first-order valence-electron chi connectivity index (χ1n) is 9.08. The van der Waals surface area contributed by atoms with Crippen LogP contribution in [0.15, 0.2) is 41.0 Å². The number of alkyl halides is 2. The smallest absolute Gasteiger partial charge is 0.387 e. The number of hydrogen-bond donors (Lipinski definition) is 0. The van der Waals surface area contributed by atoms with Crippen molar-refractivity contribution in [2.24, 2.45) is 0 Å². The summed E-state index contributed by atoms with van der Waals surface area (Å²) in [4.78, 5) is 16.3. The summed E-state index contributed by atoms with van der Waals surface area (Å²) in [5, 5.41) is 0. The van der Waals surface area contributed by atoms with Crippen molar-refractivity contribution in [3.05, 3.63) is 47.9 Å². The Balaban J connectivity index is 1.63. The molecule has 0 radical (unpaired) electrons. The van der Waals surface area contributed by atoms with Gasteiger partial charge in [-0.2, -0.15) is 8.78 Å². The number of benzene rings is 1. The molecule has 152 valence electrons. The highest BCUT2D eigenvalue weighted by atomic mass is 19.3. The van der Waals surface area contributed by atoms with Crippen LogP contribution >= 0.6 is 0 Å². The van der Waals surface area contributed by atoms with Gasteiger partial charge in [0.15, 0.2) is 11.5 Å². The molecule has 0 saturated heterocycles. The zero-order valence-electron chi connectivity index (χ0n) is 15.9. The molecule has 0 spiro atoms. The molecule has 8 heteroatoms. The number of ether oxygens (including phenoxy) is 2. The molecule has 1 saturated carbocycles. The number of methoxy groups -OCH3 is 1. The van der Waals surface area contributed by atoms with Crippen LogP contribution in [0.3, 0.4) is 0 Å². The summed E-state index contributed by atoms with van der Waals surface area (Å²) < 4.78 is 39.9. The molecule has 1 aromatic carbocycles. The van der Waals surface area contributed by atoms with Crippen molar-refractivity contribution < 1.29 is 27.5 Å². The molecular formula is C20H24F2N2O4. The van der Waals surface area contributed by atoms with Gasteiger partial charge in [0.2, 0.25) is 5.91 Å². The van der Waals surface area contributed by atoms with E-state index < -0.39 is 6.61 Å². The molecule has 1 heterocycles. The monoisotopic (exact) mass is 394 g/mol. The highest BCUT2D eigenvalue weighted by Gasteiger charge is 2.31. The van der Waals surface area contributed by atoms with Crippen LogP contribution in [-0.4, -0.2) is 49.1 Å². The van der Waals surface area contributed by atoms with Gasteiger partial charge in [0.1, 0.15) is 5.76 Å². The molecule has 0 bridgehead atoms. The summed E-state index contributed by atoms with van der Waals surface area (Å²) in [6.07, 6.45) is 3.66. The normalized spacial score (nSPS) is 13.8. The summed E-state index contributed by atoms with van der Waals surface area (Å²) >= 11 is 0. The van der Waals surface area contributed by atoms with Gasteiger partial charge in [0.25, 0.3) is 0 Å². The molecule has 1 amide bonds. The predicted molar refractivity (Wildman–Crippen MR) is 98.2 cm³/mol. The average Bonchev–Trinajstić information content (AvgIpc) is 3.39. The number of amides is 1. The minimum atomic E-state index is -2.91. The van der Waals surface area contributed by atoms with E-state index in [1.54, 1.807) is 36.4 Å². The quantitative estimate of drug-likeness (QED) is 0.617. The molecule has 0 unspecified atom stereocenters. The number of furan rings is 1. The van der Waals surface area contributed by atoms with Gasteiger partial charge in [-0.1, -0.05) is 6.07 Å². The Morgan fingerprint density at radius 1 is 1.25 bits per heavy atom. The Hall–Kier alpha value is -2.61. The van der Waals surface area contributed by atoms with Crippen LogP contribution in [-0.2, 0) is 17.9 Å². The van der Waals surface area contributed by atoms with E-state index in [-0.39, 0.29) is 24.0 Å². The number of likely N-dealkylation sites (N-methyl/N-ethyl adjacent to an activating group) is 1. The number of carbonyl (C=O) groups excluding carboxylic acids is 1. The fraction of sp³-hybridized carbons (Fsp3) is 0.450. The van der Waals surface area contributed by atoms with E-state index in [2.05, 4.69) is 9.64 Å². The number of halogens is 2. The minimum absolute atomic E-state index is 0.00604. The molecular weight excluding hydrogens is 370 g/mol. The highest BCUT2D eigenvalue weighted by molar-refractivity contribution is 5.78. The second-order valence-electron chi connectivity index (χ2n) is 6.83. The Kier molecular flexibility index (Phi) is 6.51. The zero-order valence-corrected chi connectivity index (χ0v) is 15.9. The van der Waals surface area contributed by atoms with E-state index in [4.69, 9.17) is 9.15 Å². The molecule has 6 nitrogen and oxygen atoms in total. The summed E-state index contributed by atoms with van der Waals surface area (Å²) in [5.41, 5.74) is 0.867. The lowest BCUT2D eigenvalue weighted by Gasteiger charge is -2.25. The maximum atomic E-state index is 12.6. The molecule has 0 atom stereocenters. The molecule has 1 aliphatic carbocycles. The summed E-state index contributed by atoms with van der Waals surface area (Å²) in [5.74, 6) is 0.962. The highest BCUT2D eigenvalue weighted by Crippen LogP contribution is 2.32. The first kappa shape index (κ1) is 20.1. The third-order valence-corrected chi connectivity index (χ3v) is 4.63. The number of nitrogens with zero attached hydrogens (tertiary/aromatic N) is 2. The molecule has 1 aromatic heterocycles. The summed E-state index contributed by atoms with van der Waals surface area (Å²) in [7, 11) is 3.15. The first-order valence-corrected chi connectivity index (χ1v) is 9.08. The summed E-state index contributed by atoms with van der Waals surface area (Å²) in [6, 6.07) is 8.83. The van der Waals surface area contributed by atoms with Gasteiger partial charge < -0.3 is 18.8 Å². The lowest BCUT2D eigenvalue weighted by atomic mass is 10.2. The van der Waals surface area contributed by atoms with Gasteiger partial charge in [-0.3, -0.25) is 9.69 Å². The SMILES string of the molecule is COc1cc(CN(CC(=O)N(C)Cc2ccco2)C2CC2)ccc1OC(F)F. The van der Waals surface area contributed by atoms with Crippen LogP contribution in [0.25, 0.3) is 0 Å². The van der Waals surface area contributed by atoms with E-state index in [0.717, 1.165) is 24.2 Å². The number of carbonyl (C=O) groups is 1. The van der Waals surface area contributed by atoms with Gasteiger partial charge in [0, 0.05) is 19.6 Å². The Morgan fingerprint density at radius 3 is 2.64 bits per heavy atom. The predicted octanol–water partition coefficient (Wildman–Crippen LogP) is 3.51. The Labute approximate surface area is 162 Å². The molecule has 0 aliphatic heterocycles. The maximum absolute atomic E-state index is 12.6. The second kappa shape index (κ2) is 9.05. The Bertz CT molecular complexity index is 779. The van der Waals surface area contributed by atoms with Crippen LogP contribution in [0.2, 0.25) is 0 Å². The fourth-order valence-corrected chi connectivity index (χ4v) is 3.01. The molecule has 0 N–H and O–H groups in total. The average molecular weight is 394 g/mol. The van der Waals surface area contributed by atoms with Crippen LogP contribution < -0.4 is 9.47 Å². The van der Waals surface area contributed by atoms with Crippen molar-refractivity contribution in [2.45, 2.75) is 38.6 Å². The second-order valence-corrected chi connectivity index (χ2v) is 6.83. The largest absolute Gasteiger partial charge is 0.493 e. The third kappa shape index (κ3) is 5.45. The van der Waals surface area contributed by atoms with E-state index in [0.29, 0.717) is 19.1 Å². The molecule has 1 aliphatic rings. The summed E-state index contributed by atoms with van der Waals surface area (Å²) in [6.45, 7) is -1.70. The van der Waals surface area contributed by atoms with Crippen LogP contribution in [0.5, 0.6) is 11.5 Å². The maximum Gasteiger partial charge on any atom is 0.387 e. The fourth-order valence-electron chi connectivity index (χ4n) is 3.01. The van der Waals surface area contributed by atoms with E-state index >= 15 is 0 Å². The molecule has 2 aromatic rings. The third-order valence-electron chi connectivity index (χ3n) is 4.63. The molecule has 1 fully saturated rings. The zero-order chi connectivity index (χ0) is 20.1. The topological polar surface area (TPSA) is 55.2 Å². The van der Waals surface area contributed by atoms with Gasteiger partial charge in [-0.15, -0.1) is 0 Å². The van der Waals surface area contributed by atoms with Crippen LogP contribution in [0, 0.1) is 0 Å². The standard InChI is InChI=1S/C20H24F2N2O4/c1-23(12-16-4-3-9-27-16)19(25)13-24(15-6-7-15)11-14-5-8-17(28-20(21)22)18(10-14)26-2/h3-5,8-10,15,20H,6-7,11-13H2,1-2H3. The van der Waals surface area contributed by atoms with E-state index in [9.17, 15) is 13.6 Å². The van der Waals surface area contributed by atoms with Crippen molar-refractivity contribution >= 4 is 5.91 Å². The van der Waals surface area contributed by atoms with Gasteiger partial charge >= 0.3 is 6.61 Å². The number of hydrogen-bond acceptors (Lipinski definition) is 5. The lowest BCUT2D eigenvalue weighted by Crippen LogP contribution is -2.38. The first-order chi connectivity index (χ1) is 13.5. The lowest BCUT2D eigenvalue weighted by molar-refractivity contribution is -0.132. The molecule has 28 heavy (non-hydrogen) atoms. The van der Waals surface area contributed by atoms with E-state index in [1.165, 1.54) is 13.2 Å². The minimum Gasteiger partial charge on any atom is -0.493 e. The number of rotatable bonds is 10.